The fourth-order valence-corrected chi connectivity index (χ4v) is 1.72. The van der Waals surface area contributed by atoms with Crippen LogP contribution in [0.4, 0.5) is 0 Å². The Morgan fingerprint density at radius 2 is 1.92 bits per heavy atom. The van der Waals surface area contributed by atoms with Gasteiger partial charge in [-0.3, -0.25) is 4.90 Å². The quantitative estimate of drug-likeness (QED) is 0.740. The zero-order valence-electron chi connectivity index (χ0n) is 7.82. The summed E-state index contributed by atoms with van der Waals surface area (Å²) in [4.78, 5) is 2.40. The molecule has 0 amide bonds. The van der Waals surface area contributed by atoms with Crippen LogP contribution < -0.4 is 5.73 Å². The first-order valence-electron chi connectivity index (χ1n) is 4.86. The number of hydrogen-bond acceptors (Lipinski definition) is 2. The van der Waals surface area contributed by atoms with Crippen molar-refractivity contribution in [1.29, 1.82) is 0 Å². The topological polar surface area (TPSA) is 29.3 Å². The number of benzene rings is 1. The molecule has 2 heteroatoms. The van der Waals surface area contributed by atoms with E-state index in [2.05, 4.69) is 35.2 Å². The molecule has 1 saturated heterocycles. The molecule has 0 spiro atoms. The fourth-order valence-electron chi connectivity index (χ4n) is 1.72. The molecule has 0 aliphatic carbocycles. The van der Waals surface area contributed by atoms with Crippen molar-refractivity contribution < 1.29 is 0 Å². The molecule has 2 rings (SSSR count). The molecule has 1 aromatic rings. The van der Waals surface area contributed by atoms with Gasteiger partial charge in [0.1, 0.15) is 0 Å². The van der Waals surface area contributed by atoms with E-state index in [0.29, 0.717) is 6.04 Å². The molecule has 0 unspecified atom stereocenters. The Morgan fingerprint density at radius 3 is 2.54 bits per heavy atom. The van der Waals surface area contributed by atoms with Gasteiger partial charge < -0.3 is 5.73 Å². The van der Waals surface area contributed by atoms with Gasteiger partial charge in [0, 0.05) is 25.7 Å². The zero-order valence-corrected chi connectivity index (χ0v) is 7.82. The van der Waals surface area contributed by atoms with Gasteiger partial charge in [-0.2, -0.15) is 0 Å². The van der Waals surface area contributed by atoms with E-state index < -0.39 is 0 Å². The van der Waals surface area contributed by atoms with Crippen molar-refractivity contribution in [3.63, 3.8) is 0 Å². The highest BCUT2D eigenvalue weighted by atomic mass is 15.2. The van der Waals surface area contributed by atoms with E-state index in [1.807, 2.05) is 0 Å². The number of nitrogens with zero attached hydrogens (tertiary/aromatic N) is 1. The number of likely N-dealkylation sites (tertiary alicyclic amines) is 1. The Kier molecular flexibility index (Phi) is 2.62. The molecule has 1 fully saturated rings. The molecular weight excluding hydrogens is 160 g/mol. The van der Waals surface area contributed by atoms with Gasteiger partial charge in [0.2, 0.25) is 0 Å². The van der Waals surface area contributed by atoms with E-state index in [4.69, 9.17) is 5.73 Å². The highest BCUT2D eigenvalue weighted by Crippen LogP contribution is 2.07. The molecular formula is C11H16N2. The molecule has 0 atom stereocenters. The first kappa shape index (κ1) is 8.73. The SMILES string of the molecule is NC1CN(CCc2ccccc2)C1. The number of nitrogens with two attached hydrogens (primary N) is 1. The molecule has 0 radical (unpaired) electrons. The van der Waals surface area contributed by atoms with Gasteiger partial charge in [-0.05, 0) is 12.0 Å². The van der Waals surface area contributed by atoms with Crippen LogP contribution in [0.3, 0.4) is 0 Å². The fraction of sp³-hybridized carbons (Fsp3) is 0.455. The third-order valence-electron chi connectivity index (χ3n) is 2.54. The van der Waals surface area contributed by atoms with Gasteiger partial charge in [-0.25, -0.2) is 0 Å². The van der Waals surface area contributed by atoms with E-state index in [9.17, 15) is 0 Å². The predicted octanol–water partition coefficient (Wildman–Crippen LogP) is 0.872. The second-order valence-corrected chi connectivity index (χ2v) is 3.76. The third kappa shape index (κ3) is 2.29. The second-order valence-electron chi connectivity index (χ2n) is 3.76. The van der Waals surface area contributed by atoms with Gasteiger partial charge in [0.15, 0.2) is 0 Å². The lowest BCUT2D eigenvalue weighted by molar-refractivity contribution is 0.153. The van der Waals surface area contributed by atoms with Gasteiger partial charge in [0.25, 0.3) is 0 Å². The van der Waals surface area contributed by atoms with Gasteiger partial charge in [-0.1, -0.05) is 30.3 Å². The monoisotopic (exact) mass is 176 g/mol. The molecule has 0 saturated carbocycles. The molecule has 0 aromatic heterocycles. The average Bonchev–Trinajstić information content (AvgIpc) is 2.12. The van der Waals surface area contributed by atoms with Crippen molar-refractivity contribution >= 4 is 0 Å². The van der Waals surface area contributed by atoms with Crippen LogP contribution in [-0.4, -0.2) is 30.6 Å². The standard InChI is InChI=1S/C11H16N2/c12-11-8-13(9-11)7-6-10-4-2-1-3-5-10/h1-5,11H,6-9,12H2. The van der Waals surface area contributed by atoms with Crippen LogP contribution in [0.15, 0.2) is 30.3 Å². The van der Waals surface area contributed by atoms with Gasteiger partial charge in [-0.15, -0.1) is 0 Å². The summed E-state index contributed by atoms with van der Waals surface area (Å²) < 4.78 is 0. The summed E-state index contributed by atoms with van der Waals surface area (Å²) >= 11 is 0. The van der Waals surface area contributed by atoms with E-state index in [0.717, 1.165) is 26.1 Å². The Hall–Kier alpha value is -0.860. The van der Waals surface area contributed by atoms with Crippen molar-refractivity contribution in [2.24, 2.45) is 5.73 Å². The summed E-state index contributed by atoms with van der Waals surface area (Å²) in [6.45, 7) is 3.30. The molecule has 1 aliphatic heterocycles. The predicted molar refractivity (Wildman–Crippen MR) is 54.6 cm³/mol. The summed E-state index contributed by atoms with van der Waals surface area (Å²) in [5.41, 5.74) is 7.12. The van der Waals surface area contributed by atoms with Crippen LogP contribution >= 0.6 is 0 Å². The second kappa shape index (κ2) is 3.90. The van der Waals surface area contributed by atoms with Gasteiger partial charge in [0.05, 0.1) is 0 Å². The van der Waals surface area contributed by atoms with Crippen molar-refractivity contribution in [3.05, 3.63) is 35.9 Å². The minimum atomic E-state index is 0.427. The summed E-state index contributed by atoms with van der Waals surface area (Å²) in [5.74, 6) is 0. The van der Waals surface area contributed by atoms with Crippen molar-refractivity contribution in [2.75, 3.05) is 19.6 Å². The number of hydrogen-bond donors (Lipinski definition) is 1. The highest BCUT2D eigenvalue weighted by molar-refractivity contribution is 5.15. The molecule has 2 nitrogen and oxygen atoms in total. The largest absolute Gasteiger partial charge is 0.325 e. The molecule has 2 N–H and O–H groups in total. The summed E-state index contributed by atoms with van der Waals surface area (Å²) in [6, 6.07) is 11.0. The van der Waals surface area contributed by atoms with Crippen molar-refractivity contribution in [2.45, 2.75) is 12.5 Å². The maximum Gasteiger partial charge on any atom is 0.0297 e. The summed E-state index contributed by atoms with van der Waals surface area (Å²) in [6.07, 6.45) is 1.15. The van der Waals surface area contributed by atoms with Crippen molar-refractivity contribution in [3.8, 4) is 0 Å². The maximum atomic E-state index is 5.70. The smallest absolute Gasteiger partial charge is 0.0297 e. The van der Waals surface area contributed by atoms with Crippen LogP contribution in [0.5, 0.6) is 0 Å². The summed E-state index contributed by atoms with van der Waals surface area (Å²) in [7, 11) is 0. The first-order valence-corrected chi connectivity index (χ1v) is 4.86. The Balaban J connectivity index is 1.74. The van der Waals surface area contributed by atoms with E-state index >= 15 is 0 Å². The Labute approximate surface area is 79.4 Å². The van der Waals surface area contributed by atoms with Crippen LogP contribution in [0.1, 0.15) is 5.56 Å². The molecule has 1 aliphatic rings. The third-order valence-corrected chi connectivity index (χ3v) is 2.54. The van der Waals surface area contributed by atoms with Crippen molar-refractivity contribution in [1.82, 2.24) is 4.90 Å². The lowest BCUT2D eigenvalue weighted by atomic mass is 10.1. The van der Waals surface area contributed by atoms with E-state index in [1.54, 1.807) is 0 Å². The van der Waals surface area contributed by atoms with E-state index in [-0.39, 0.29) is 0 Å². The van der Waals surface area contributed by atoms with Crippen LogP contribution in [0, 0.1) is 0 Å². The van der Waals surface area contributed by atoms with Crippen LogP contribution in [0.2, 0.25) is 0 Å². The maximum absolute atomic E-state index is 5.70. The highest BCUT2D eigenvalue weighted by Gasteiger charge is 2.21. The first-order chi connectivity index (χ1) is 6.34. The van der Waals surface area contributed by atoms with Crippen LogP contribution in [-0.2, 0) is 6.42 Å². The lowest BCUT2D eigenvalue weighted by Crippen LogP contribution is -2.55. The van der Waals surface area contributed by atoms with E-state index in [1.165, 1.54) is 5.56 Å². The minimum Gasteiger partial charge on any atom is -0.325 e. The lowest BCUT2D eigenvalue weighted by Gasteiger charge is -2.36. The molecule has 1 heterocycles. The molecule has 1 aromatic carbocycles. The molecule has 13 heavy (non-hydrogen) atoms. The van der Waals surface area contributed by atoms with Crippen LogP contribution in [0.25, 0.3) is 0 Å². The Bertz CT molecular complexity index is 252. The zero-order chi connectivity index (χ0) is 9.10. The average molecular weight is 176 g/mol. The normalized spacial score (nSPS) is 18.5. The Morgan fingerprint density at radius 1 is 1.23 bits per heavy atom. The summed E-state index contributed by atoms with van der Waals surface area (Å²) in [5, 5.41) is 0. The number of rotatable bonds is 3. The van der Waals surface area contributed by atoms with Gasteiger partial charge >= 0.3 is 0 Å². The minimum absolute atomic E-state index is 0.427. The molecule has 0 bridgehead atoms. The molecule has 70 valence electrons.